The number of nitrogens with one attached hydrogen (secondary N) is 4. The molecule has 5 N–H and O–H groups in total. The van der Waals surface area contributed by atoms with Gasteiger partial charge in [-0.05, 0) is 42.2 Å². The number of aliphatic carboxylic acids is 1. The van der Waals surface area contributed by atoms with E-state index >= 15 is 0 Å². The summed E-state index contributed by atoms with van der Waals surface area (Å²) < 4.78 is 0. The van der Waals surface area contributed by atoms with Gasteiger partial charge in [-0.1, -0.05) is 73.7 Å². The Kier molecular flexibility index (Phi) is 9.30. The van der Waals surface area contributed by atoms with Crippen molar-refractivity contribution in [1.29, 1.82) is 0 Å². The lowest BCUT2D eigenvalue weighted by Crippen LogP contribution is -2.49. The van der Waals surface area contributed by atoms with Crippen LogP contribution in [0, 0.1) is 0 Å². The first-order valence-electron chi connectivity index (χ1n) is 13.2. The van der Waals surface area contributed by atoms with Gasteiger partial charge in [0.15, 0.2) is 0 Å². The van der Waals surface area contributed by atoms with Crippen LogP contribution < -0.4 is 16.0 Å². The predicted molar refractivity (Wildman–Crippen MR) is 151 cm³/mol. The van der Waals surface area contributed by atoms with Crippen molar-refractivity contribution in [3.05, 3.63) is 108 Å². The molecule has 0 fully saturated rings. The molecule has 0 aliphatic carbocycles. The molecule has 198 valence electrons. The van der Waals surface area contributed by atoms with Crippen LogP contribution in [0.5, 0.6) is 0 Å². The molecule has 3 aromatic carbocycles. The van der Waals surface area contributed by atoms with Gasteiger partial charge in [0, 0.05) is 54.3 Å². The number of amides is 1. The van der Waals surface area contributed by atoms with Crippen molar-refractivity contribution in [2.45, 2.75) is 37.8 Å². The molecular weight excluding hydrogens is 476 g/mol. The number of fused-ring (bicyclic) bond motifs is 1. The van der Waals surface area contributed by atoms with Crippen LogP contribution in [0.25, 0.3) is 10.9 Å². The second-order valence-electron chi connectivity index (χ2n) is 9.51. The molecule has 4 rings (SSSR count). The third-order valence-corrected chi connectivity index (χ3v) is 7.18. The van der Waals surface area contributed by atoms with E-state index in [1.807, 2.05) is 66.9 Å². The molecule has 1 amide bonds. The summed E-state index contributed by atoms with van der Waals surface area (Å²) in [6.45, 7) is 3.70. The highest BCUT2D eigenvalue weighted by Gasteiger charge is 2.29. The van der Waals surface area contributed by atoms with Crippen LogP contribution in [0.4, 0.5) is 0 Å². The molecule has 0 aliphatic rings. The summed E-state index contributed by atoms with van der Waals surface area (Å²) in [6.07, 6.45) is 3.80. The van der Waals surface area contributed by atoms with E-state index in [-0.39, 0.29) is 11.4 Å². The average Bonchev–Trinajstić information content (AvgIpc) is 3.37. The number of hydrogen-bond donors (Lipinski definition) is 5. The summed E-state index contributed by atoms with van der Waals surface area (Å²) in [5.41, 5.74) is 3.41. The van der Waals surface area contributed by atoms with E-state index in [0.717, 1.165) is 28.5 Å². The van der Waals surface area contributed by atoms with Gasteiger partial charge < -0.3 is 26.0 Å². The monoisotopic (exact) mass is 512 g/mol. The number of hydrogen-bond acceptors (Lipinski definition) is 4. The molecule has 2 atom stereocenters. The van der Waals surface area contributed by atoms with Gasteiger partial charge in [0.2, 0.25) is 0 Å². The van der Waals surface area contributed by atoms with Crippen LogP contribution in [0.15, 0.2) is 91.1 Å². The standard InChI is InChI=1S/C31H36N4O3/c1-2-31(25-13-7-4-8-14-25,17-18-33-29(36)23-11-5-3-6-12-23)35-20-19-32-28(30(37)38)21-24-22-34-27-16-10-9-15-26(24)27/h3-16,22,28,32,34-35H,2,17-21H2,1H3,(H,33,36)(H,37,38)/t28-,31?/m0/s1. The lowest BCUT2D eigenvalue weighted by Gasteiger charge is -2.35. The van der Waals surface area contributed by atoms with Crippen LogP contribution in [-0.2, 0) is 16.8 Å². The van der Waals surface area contributed by atoms with E-state index in [1.54, 1.807) is 12.1 Å². The van der Waals surface area contributed by atoms with Gasteiger partial charge in [-0.3, -0.25) is 9.59 Å². The molecule has 0 radical (unpaired) electrons. The maximum Gasteiger partial charge on any atom is 0.321 e. The summed E-state index contributed by atoms with van der Waals surface area (Å²) in [6, 6.07) is 26.6. The Morgan fingerprint density at radius 1 is 0.895 bits per heavy atom. The fourth-order valence-electron chi connectivity index (χ4n) is 4.99. The number of carbonyl (C=O) groups excluding carboxylic acids is 1. The number of aromatic nitrogens is 1. The summed E-state index contributed by atoms with van der Waals surface area (Å²) in [7, 11) is 0. The molecule has 1 aromatic heterocycles. The number of carbonyl (C=O) groups is 2. The second kappa shape index (κ2) is 13.0. The lowest BCUT2D eigenvalue weighted by atomic mass is 9.84. The van der Waals surface area contributed by atoms with Crippen LogP contribution in [0.2, 0.25) is 0 Å². The van der Waals surface area contributed by atoms with Crippen molar-refractivity contribution in [2.75, 3.05) is 19.6 Å². The maximum atomic E-state index is 12.6. The molecule has 38 heavy (non-hydrogen) atoms. The molecule has 1 heterocycles. The number of carboxylic acids is 1. The summed E-state index contributed by atoms with van der Waals surface area (Å²) in [4.78, 5) is 27.8. The Morgan fingerprint density at radius 2 is 1.58 bits per heavy atom. The highest BCUT2D eigenvalue weighted by molar-refractivity contribution is 5.94. The van der Waals surface area contributed by atoms with Gasteiger partial charge >= 0.3 is 5.97 Å². The zero-order valence-electron chi connectivity index (χ0n) is 21.7. The Labute approximate surface area is 223 Å². The van der Waals surface area contributed by atoms with E-state index in [0.29, 0.717) is 38.0 Å². The van der Waals surface area contributed by atoms with Crippen molar-refractivity contribution < 1.29 is 14.7 Å². The Balaban J connectivity index is 1.37. The van der Waals surface area contributed by atoms with Crippen LogP contribution >= 0.6 is 0 Å². The van der Waals surface area contributed by atoms with Crippen molar-refractivity contribution in [1.82, 2.24) is 20.9 Å². The van der Waals surface area contributed by atoms with E-state index in [4.69, 9.17) is 0 Å². The number of rotatable bonds is 14. The summed E-state index contributed by atoms with van der Waals surface area (Å²) in [5.74, 6) is -0.962. The van der Waals surface area contributed by atoms with Crippen molar-refractivity contribution in [3.8, 4) is 0 Å². The average molecular weight is 513 g/mol. The van der Waals surface area contributed by atoms with E-state index in [2.05, 4.69) is 40.0 Å². The number of aromatic amines is 1. The van der Waals surface area contributed by atoms with Gasteiger partial charge in [-0.25, -0.2) is 0 Å². The molecule has 1 unspecified atom stereocenters. The fourth-order valence-corrected chi connectivity index (χ4v) is 4.99. The van der Waals surface area contributed by atoms with Crippen molar-refractivity contribution in [3.63, 3.8) is 0 Å². The van der Waals surface area contributed by atoms with Crippen LogP contribution in [-0.4, -0.2) is 47.6 Å². The SMILES string of the molecule is CCC(CCNC(=O)c1ccccc1)(NCCN[C@@H](Cc1c[nH]c2ccccc12)C(=O)O)c1ccccc1. The van der Waals surface area contributed by atoms with Gasteiger partial charge in [0.25, 0.3) is 5.91 Å². The smallest absolute Gasteiger partial charge is 0.321 e. The minimum Gasteiger partial charge on any atom is -0.480 e. The lowest BCUT2D eigenvalue weighted by molar-refractivity contribution is -0.139. The highest BCUT2D eigenvalue weighted by Crippen LogP contribution is 2.28. The highest BCUT2D eigenvalue weighted by atomic mass is 16.4. The van der Waals surface area contributed by atoms with E-state index in [9.17, 15) is 14.7 Å². The van der Waals surface area contributed by atoms with E-state index in [1.165, 1.54) is 0 Å². The van der Waals surface area contributed by atoms with E-state index < -0.39 is 12.0 Å². The predicted octanol–water partition coefficient (Wildman–Crippen LogP) is 4.47. The van der Waals surface area contributed by atoms with Gasteiger partial charge in [0.1, 0.15) is 6.04 Å². The Hall–Kier alpha value is -3.94. The minimum atomic E-state index is -0.872. The maximum absolute atomic E-state index is 12.6. The quantitative estimate of drug-likeness (QED) is 0.160. The largest absolute Gasteiger partial charge is 0.480 e. The second-order valence-corrected chi connectivity index (χ2v) is 9.51. The minimum absolute atomic E-state index is 0.0908. The third-order valence-electron chi connectivity index (χ3n) is 7.18. The first kappa shape index (κ1) is 27.1. The Bertz CT molecular complexity index is 1320. The fraction of sp³-hybridized carbons (Fsp3) is 0.290. The first-order chi connectivity index (χ1) is 18.5. The third kappa shape index (κ3) is 6.68. The molecule has 0 bridgehead atoms. The molecule has 0 saturated heterocycles. The summed E-state index contributed by atoms with van der Waals surface area (Å²) >= 11 is 0. The normalized spacial score (nSPS) is 13.6. The number of H-pyrrole nitrogens is 1. The summed E-state index contributed by atoms with van der Waals surface area (Å²) in [5, 5.41) is 20.9. The zero-order valence-corrected chi connectivity index (χ0v) is 21.7. The molecule has 4 aromatic rings. The molecule has 0 saturated carbocycles. The van der Waals surface area contributed by atoms with Crippen LogP contribution in [0.1, 0.15) is 41.3 Å². The number of benzene rings is 3. The first-order valence-corrected chi connectivity index (χ1v) is 13.2. The van der Waals surface area contributed by atoms with Crippen LogP contribution in [0.3, 0.4) is 0 Å². The number of para-hydroxylation sites is 1. The van der Waals surface area contributed by atoms with Crippen molar-refractivity contribution >= 4 is 22.8 Å². The molecule has 0 spiro atoms. The zero-order chi connectivity index (χ0) is 26.8. The van der Waals surface area contributed by atoms with Crippen molar-refractivity contribution in [2.24, 2.45) is 0 Å². The molecule has 0 aliphatic heterocycles. The number of carboxylic acid groups (broad SMARTS) is 1. The van der Waals surface area contributed by atoms with Gasteiger partial charge in [0.05, 0.1) is 0 Å². The molecule has 7 nitrogen and oxygen atoms in total. The molecule has 7 heteroatoms. The Morgan fingerprint density at radius 3 is 2.29 bits per heavy atom. The molecular formula is C31H36N4O3. The van der Waals surface area contributed by atoms with Gasteiger partial charge in [-0.2, -0.15) is 0 Å². The topological polar surface area (TPSA) is 106 Å². The van der Waals surface area contributed by atoms with Gasteiger partial charge in [-0.15, -0.1) is 0 Å².